The smallest absolute Gasteiger partial charge is 0.293 e. The van der Waals surface area contributed by atoms with Gasteiger partial charge in [-0.15, -0.1) is 5.10 Å². The number of nitrogens with zero attached hydrogens (tertiary/aromatic N) is 3. The van der Waals surface area contributed by atoms with E-state index in [1.54, 1.807) is 0 Å². The first-order valence-corrected chi connectivity index (χ1v) is 7.93. The number of sulfone groups is 1. The van der Waals surface area contributed by atoms with Crippen molar-refractivity contribution in [1.29, 1.82) is 0 Å². The highest BCUT2D eigenvalue weighted by Gasteiger charge is 2.23. The lowest BCUT2D eigenvalue weighted by Gasteiger charge is -2.15. The number of aromatic amines is 1. The average molecular weight is 288 g/mol. The summed E-state index contributed by atoms with van der Waals surface area (Å²) in [5, 5.41) is 6.60. The summed E-state index contributed by atoms with van der Waals surface area (Å²) in [5.74, 6) is 0.204. The van der Waals surface area contributed by atoms with Crippen LogP contribution in [0.5, 0.6) is 0 Å². The first-order chi connectivity index (χ1) is 8.50. The number of amides is 1. The molecule has 0 spiro atoms. The number of rotatable bonds is 4. The second kappa shape index (κ2) is 5.28. The van der Waals surface area contributed by atoms with Crippen LogP contribution in [0.15, 0.2) is 0 Å². The second-order valence-electron chi connectivity index (χ2n) is 5.61. The molecule has 0 fully saturated rings. The first-order valence-electron chi connectivity index (χ1n) is 5.87. The first kappa shape index (κ1) is 15.6. The molecule has 0 atom stereocenters. The van der Waals surface area contributed by atoms with Gasteiger partial charge in [0, 0.05) is 25.3 Å². The van der Waals surface area contributed by atoms with Crippen LogP contribution >= 0.6 is 0 Å². The summed E-state index contributed by atoms with van der Waals surface area (Å²) in [4.78, 5) is 17.4. The summed E-state index contributed by atoms with van der Waals surface area (Å²) in [7, 11) is -1.57. The zero-order chi connectivity index (χ0) is 14.8. The van der Waals surface area contributed by atoms with Gasteiger partial charge >= 0.3 is 0 Å². The second-order valence-corrected chi connectivity index (χ2v) is 7.87. The largest absolute Gasteiger partial charge is 0.338 e. The minimum Gasteiger partial charge on any atom is -0.338 e. The van der Waals surface area contributed by atoms with Gasteiger partial charge < -0.3 is 4.90 Å². The van der Waals surface area contributed by atoms with Crippen molar-refractivity contribution in [3.05, 3.63) is 11.6 Å². The molecule has 1 aromatic heterocycles. The molecule has 0 aliphatic rings. The topological polar surface area (TPSA) is 96.0 Å². The van der Waals surface area contributed by atoms with Crippen LogP contribution in [-0.2, 0) is 15.3 Å². The van der Waals surface area contributed by atoms with Crippen LogP contribution < -0.4 is 0 Å². The van der Waals surface area contributed by atoms with Crippen molar-refractivity contribution >= 4 is 15.7 Å². The van der Waals surface area contributed by atoms with E-state index in [4.69, 9.17) is 0 Å². The van der Waals surface area contributed by atoms with Gasteiger partial charge in [0.05, 0.1) is 5.75 Å². The minimum atomic E-state index is -3.10. The predicted molar refractivity (Wildman–Crippen MR) is 71.8 cm³/mol. The summed E-state index contributed by atoms with van der Waals surface area (Å²) in [6.07, 6.45) is 1.13. The Morgan fingerprint density at radius 3 is 2.37 bits per heavy atom. The van der Waals surface area contributed by atoms with Gasteiger partial charge in [0.15, 0.2) is 0 Å². The van der Waals surface area contributed by atoms with Gasteiger partial charge in [0.1, 0.15) is 15.7 Å². The van der Waals surface area contributed by atoms with Crippen LogP contribution in [0.25, 0.3) is 0 Å². The monoisotopic (exact) mass is 288 g/mol. The van der Waals surface area contributed by atoms with Crippen molar-refractivity contribution in [3.8, 4) is 0 Å². The van der Waals surface area contributed by atoms with Gasteiger partial charge in [-0.1, -0.05) is 20.8 Å². The van der Waals surface area contributed by atoms with Gasteiger partial charge in [0.2, 0.25) is 5.82 Å². The molecule has 108 valence electrons. The number of hydrogen-bond donors (Lipinski definition) is 1. The predicted octanol–water partition coefficient (Wildman–Crippen LogP) is 0.219. The lowest BCUT2D eigenvalue weighted by molar-refractivity contribution is 0.0792. The number of hydrogen-bond acceptors (Lipinski definition) is 5. The highest BCUT2D eigenvalue weighted by atomic mass is 32.2. The Morgan fingerprint density at radius 1 is 1.37 bits per heavy atom. The van der Waals surface area contributed by atoms with Crippen molar-refractivity contribution in [2.45, 2.75) is 26.2 Å². The quantitative estimate of drug-likeness (QED) is 0.855. The van der Waals surface area contributed by atoms with Crippen LogP contribution in [0.1, 0.15) is 37.2 Å². The van der Waals surface area contributed by atoms with E-state index >= 15 is 0 Å². The maximum Gasteiger partial charge on any atom is 0.293 e. The fourth-order valence-corrected chi connectivity index (χ4v) is 1.87. The average Bonchev–Trinajstić information content (AvgIpc) is 2.72. The summed E-state index contributed by atoms with van der Waals surface area (Å²) >= 11 is 0. The van der Waals surface area contributed by atoms with E-state index in [2.05, 4.69) is 15.2 Å². The highest BCUT2D eigenvalue weighted by Crippen LogP contribution is 2.17. The zero-order valence-electron chi connectivity index (χ0n) is 11.9. The summed E-state index contributed by atoms with van der Waals surface area (Å²) in [6, 6.07) is 0. The molecule has 0 saturated carbocycles. The fraction of sp³-hybridized carbons (Fsp3) is 0.727. The van der Waals surface area contributed by atoms with Crippen LogP contribution in [0, 0.1) is 0 Å². The molecule has 7 nitrogen and oxygen atoms in total. The van der Waals surface area contributed by atoms with Crippen molar-refractivity contribution < 1.29 is 13.2 Å². The van der Waals surface area contributed by atoms with Gasteiger partial charge in [-0.2, -0.15) is 0 Å². The van der Waals surface area contributed by atoms with Gasteiger partial charge in [-0.3, -0.25) is 9.89 Å². The Morgan fingerprint density at radius 2 is 1.95 bits per heavy atom. The highest BCUT2D eigenvalue weighted by molar-refractivity contribution is 7.90. The standard InChI is InChI=1S/C11H20N4O3S/c1-11(2,3)10-12-8(13-14-10)9(16)15(4)6-7-19(5,17)18/h6-7H2,1-5H3,(H,12,13,14). The Labute approximate surface area is 113 Å². The third-order valence-corrected chi connectivity index (χ3v) is 3.46. The van der Waals surface area contributed by atoms with Gasteiger partial charge in [0.25, 0.3) is 5.91 Å². The van der Waals surface area contributed by atoms with E-state index in [0.717, 1.165) is 6.26 Å². The van der Waals surface area contributed by atoms with Crippen LogP contribution in [-0.4, -0.2) is 60.0 Å². The number of carbonyl (C=O) groups excluding carboxylic acids is 1. The van der Waals surface area contributed by atoms with Crippen LogP contribution in [0.4, 0.5) is 0 Å². The number of aromatic nitrogens is 3. The van der Waals surface area contributed by atoms with Crippen molar-refractivity contribution in [1.82, 2.24) is 20.1 Å². The van der Waals surface area contributed by atoms with Crippen LogP contribution in [0.2, 0.25) is 0 Å². The Kier molecular flexibility index (Phi) is 4.34. The summed E-state index contributed by atoms with van der Waals surface area (Å²) in [6.45, 7) is 5.98. The minimum absolute atomic E-state index is 0.0564. The Bertz CT molecular complexity index is 557. The SMILES string of the molecule is CN(CCS(C)(=O)=O)C(=O)c1n[nH]c(C(C)(C)C)n1. The molecule has 1 aromatic rings. The van der Waals surface area contributed by atoms with Crippen molar-refractivity contribution in [3.63, 3.8) is 0 Å². The molecule has 1 amide bonds. The van der Waals surface area contributed by atoms with E-state index in [9.17, 15) is 13.2 Å². The zero-order valence-corrected chi connectivity index (χ0v) is 12.7. The lowest BCUT2D eigenvalue weighted by atomic mass is 9.96. The number of nitrogens with one attached hydrogen (secondary N) is 1. The maximum atomic E-state index is 12.0. The Hall–Kier alpha value is -1.44. The third-order valence-electron chi connectivity index (χ3n) is 2.53. The third kappa shape index (κ3) is 4.62. The summed E-state index contributed by atoms with van der Waals surface area (Å²) < 4.78 is 22.1. The van der Waals surface area contributed by atoms with Gasteiger partial charge in [-0.05, 0) is 0 Å². The van der Waals surface area contributed by atoms with E-state index < -0.39 is 15.7 Å². The number of carbonyl (C=O) groups is 1. The van der Waals surface area contributed by atoms with E-state index in [-0.39, 0.29) is 23.5 Å². The maximum absolute atomic E-state index is 12.0. The Balaban J connectivity index is 2.75. The van der Waals surface area contributed by atoms with E-state index in [1.165, 1.54) is 11.9 Å². The number of H-pyrrole nitrogens is 1. The molecule has 8 heteroatoms. The molecule has 1 N–H and O–H groups in total. The molecule has 0 aliphatic carbocycles. The molecule has 0 aliphatic heterocycles. The van der Waals surface area contributed by atoms with Crippen molar-refractivity contribution in [2.75, 3.05) is 25.6 Å². The summed E-state index contributed by atoms with van der Waals surface area (Å²) in [5.41, 5.74) is -0.225. The fourth-order valence-electron chi connectivity index (χ4n) is 1.27. The van der Waals surface area contributed by atoms with Gasteiger partial charge in [-0.25, -0.2) is 13.4 Å². The lowest BCUT2D eigenvalue weighted by Crippen LogP contribution is -2.32. The molecule has 1 rings (SSSR count). The van der Waals surface area contributed by atoms with E-state index in [0.29, 0.717) is 5.82 Å². The molecule has 0 radical (unpaired) electrons. The van der Waals surface area contributed by atoms with Crippen molar-refractivity contribution in [2.24, 2.45) is 0 Å². The normalized spacial score (nSPS) is 12.5. The molecule has 1 heterocycles. The molecular weight excluding hydrogens is 268 g/mol. The molecular formula is C11H20N4O3S. The molecule has 0 bridgehead atoms. The van der Waals surface area contributed by atoms with Crippen LogP contribution in [0.3, 0.4) is 0 Å². The molecule has 0 unspecified atom stereocenters. The van der Waals surface area contributed by atoms with E-state index in [1.807, 2.05) is 20.8 Å². The molecule has 0 aromatic carbocycles. The molecule has 0 saturated heterocycles. The molecule has 19 heavy (non-hydrogen) atoms.